The minimum absolute atomic E-state index is 0.0513. The summed E-state index contributed by atoms with van der Waals surface area (Å²) in [7, 11) is 1.40. The lowest BCUT2D eigenvalue weighted by molar-refractivity contribution is -0.138. The van der Waals surface area contributed by atoms with Gasteiger partial charge >= 0.3 is 6.18 Å². The van der Waals surface area contributed by atoms with Crippen LogP contribution in [-0.2, 0) is 6.18 Å². The van der Waals surface area contributed by atoms with Gasteiger partial charge in [0.05, 0.1) is 17.2 Å². The van der Waals surface area contributed by atoms with Crippen molar-refractivity contribution in [1.82, 2.24) is 4.90 Å². The van der Waals surface area contributed by atoms with Crippen LogP contribution in [0, 0.1) is 5.92 Å². The van der Waals surface area contributed by atoms with E-state index in [0.29, 0.717) is 0 Å². The maximum absolute atomic E-state index is 12.9. The number of hydrogen-bond acceptors (Lipinski definition) is 2. The van der Waals surface area contributed by atoms with Crippen LogP contribution in [0.4, 0.5) is 13.2 Å². The first kappa shape index (κ1) is 14.8. The molecule has 1 unspecified atom stereocenters. The van der Waals surface area contributed by atoms with E-state index in [-0.39, 0.29) is 18.0 Å². The van der Waals surface area contributed by atoms with Gasteiger partial charge in [-0.25, -0.2) is 0 Å². The summed E-state index contributed by atoms with van der Waals surface area (Å²) in [4.78, 5) is 13.3. The topological polar surface area (TPSA) is 40.5 Å². The SMILES string of the molecule is CN(CC(O)C1CC1)C(=O)c1ccccc1C(F)(F)F. The predicted molar refractivity (Wildman–Crippen MR) is 67.1 cm³/mol. The second-order valence-electron chi connectivity index (χ2n) is 5.13. The van der Waals surface area contributed by atoms with Crippen LogP contribution < -0.4 is 0 Å². The highest BCUT2D eigenvalue weighted by Crippen LogP contribution is 2.34. The quantitative estimate of drug-likeness (QED) is 0.924. The van der Waals surface area contributed by atoms with Gasteiger partial charge in [0.1, 0.15) is 0 Å². The van der Waals surface area contributed by atoms with Crippen LogP contribution in [-0.4, -0.2) is 35.6 Å². The van der Waals surface area contributed by atoms with Crippen LogP contribution in [0.15, 0.2) is 24.3 Å². The molecule has 1 fully saturated rings. The number of carbonyl (C=O) groups excluding carboxylic acids is 1. The monoisotopic (exact) mass is 287 g/mol. The van der Waals surface area contributed by atoms with E-state index in [1.165, 1.54) is 19.2 Å². The van der Waals surface area contributed by atoms with E-state index in [2.05, 4.69) is 0 Å². The minimum Gasteiger partial charge on any atom is -0.391 e. The number of likely N-dealkylation sites (N-methyl/N-ethyl adjacent to an activating group) is 1. The Morgan fingerprint density at radius 1 is 1.40 bits per heavy atom. The molecule has 110 valence electrons. The number of amides is 1. The number of nitrogens with zero attached hydrogens (tertiary/aromatic N) is 1. The molecule has 0 aromatic heterocycles. The summed E-state index contributed by atoms with van der Waals surface area (Å²) in [5.41, 5.74) is -1.33. The van der Waals surface area contributed by atoms with Gasteiger partial charge in [0.2, 0.25) is 0 Å². The Morgan fingerprint density at radius 3 is 2.55 bits per heavy atom. The smallest absolute Gasteiger partial charge is 0.391 e. The summed E-state index contributed by atoms with van der Waals surface area (Å²) in [5.74, 6) is -0.555. The van der Waals surface area contributed by atoms with E-state index in [9.17, 15) is 23.1 Å². The third-order valence-corrected chi connectivity index (χ3v) is 3.44. The van der Waals surface area contributed by atoms with Crippen molar-refractivity contribution in [3.63, 3.8) is 0 Å². The van der Waals surface area contributed by atoms with Gasteiger partial charge in [0, 0.05) is 13.6 Å². The van der Waals surface area contributed by atoms with Gasteiger partial charge < -0.3 is 10.0 Å². The predicted octanol–water partition coefficient (Wildman–Crippen LogP) is 2.55. The van der Waals surface area contributed by atoms with Crippen LogP contribution in [0.3, 0.4) is 0 Å². The maximum atomic E-state index is 12.9. The molecule has 0 heterocycles. The molecule has 3 nitrogen and oxygen atoms in total. The van der Waals surface area contributed by atoms with Gasteiger partial charge in [-0.3, -0.25) is 4.79 Å². The molecule has 1 aliphatic rings. The molecule has 1 aromatic carbocycles. The van der Waals surface area contributed by atoms with Crippen LogP contribution >= 0.6 is 0 Å². The van der Waals surface area contributed by atoms with E-state index in [1.54, 1.807) is 0 Å². The number of halogens is 3. The van der Waals surface area contributed by atoms with Crippen LogP contribution in [0.5, 0.6) is 0 Å². The first-order valence-electron chi connectivity index (χ1n) is 6.40. The number of carbonyl (C=O) groups is 1. The molecule has 20 heavy (non-hydrogen) atoms. The Hall–Kier alpha value is -1.56. The fourth-order valence-corrected chi connectivity index (χ4v) is 2.12. The van der Waals surface area contributed by atoms with Crippen LogP contribution in [0.25, 0.3) is 0 Å². The van der Waals surface area contributed by atoms with Gasteiger partial charge in [-0.2, -0.15) is 13.2 Å². The number of benzene rings is 1. The molecule has 1 saturated carbocycles. The molecule has 1 aliphatic carbocycles. The first-order chi connectivity index (χ1) is 9.30. The molecule has 1 atom stereocenters. The van der Waals surface area contributed by atoms with E-state index >= 15 is 0 Å². The Kier molecular flexibility index (Phi) is 4.04. The molecular weight excluding hydrogens is 271 g/mol. The Morgan fingerprint density at radius 2 is 2.00 bits per heavy atom. The average molecular weight is 287 g/mol. The lowest BCUT2D eigenvalue weighted by atomic mass is 10.1. The summed E-state index contributed by atoms with van der Waals surface area (Å²) in [6, 6.07) is 4.69. The number of rotatable bonds is 4. The first-order valence-corrected chi connectivity index (χ1v) is 6.40. The molecule has 0 bridgehead atoms. The molecule has 6 heteroatoms. The second kappa shape index (κ2) is 5.44. The number of aliphatic hydroxyl groups is 1. The normalized spacial score (nSPS) is 16.9. The van der Waals surface area contributed by atoms with E-state index in [1.807, 2.05) is 0 Å². The van der Waals surface area contributed by atoms with Crippen molar-refractivity contribution in [2.45, 2.75) is 25.1 Å². The Balaban J connectivity index is 2.15. The Labute approximate surface area is 115 Å². The van der Waals surface area contributed by atoms with Crippen molar-refractivity contribution < 1.29 is 23.1 Å². The number of hydrogen-bond donors (Lipinski definition) is 1. The molecule has 0 spiro atoms. The Bertz CT molecular complexity index is 497. The zero-order valence-electron chi connectivity index (χ0n) is 11.0. The molecular formula is C14H16F3NO2. The summed E-state index contributed by atoms with van der Waals surface area (Å²) in [6.45, 7) is 0.0513. The minimum atomic E-state index is -4.57. The standard InChI is InChI=1S/C14H16F3NO2/c1-18(8-12(19)9-6-7-9)13(20)10-4-2-3-5-11(10)14(15,16)17/h2-5,9,12,19H,6-8H2,1H3. The van der Waals surface area contributed by atoms with Gasteiger partial charge in [-0.15, -0.1) is 0 Å². The van der Waals surface area contributed by atoms with E-state index in [4.69, 9.17) is 0 Å². The van der Waals surface area contributed by atoms with Gasteiger partial charge in [0.15, 0.2) is 0 Å². The van der Waals surface area contributed by atoms with Crippen molar-refractivity contribution in [3.05, 3.63) is 35.4 Å². The van der Waals surface area contributed by atoms with E-state index < -0.39 is 23.8 Å². The summed E-state index contributed by atoms with van der Waals surface area (Å²) in [6.07, 6.45) is -3.42. The number of alkyl halides is 3. The van der Waals surface area contributed by atoms with E-state index in [0.717, 1.165) is 29.9 Å². The van der Waals surface area contributed by atoms with Crippen molar-refractivity contribution in [1.29, 1.82) is 0 Å². The lowest BCUT2D eigenvalue weighted by Gasteiger charge is -2.22. The molecule has 0 radical (unpaired) electrons. The van der Waals surface area contributed by atoms with Crippen molar-refractivity contribution in [2.75, 3.05) is 13.6 Å². The highest BCUT2D eigenvalue weighted by Gasteiger charge is 2.36. The third-order valence-electron chi connectivity index (χ3n) is 3.44. The second-order valence-corrected chi connectivity index (χ2v) is 5.13. The molecule has 1 aromatic rings. The van der Waals surface area contributed by atoms with Gasteiger partial charge in [-0.1, -0.05) is 12.1 Å². The fourth-order valence-electron chi connectivity index (χ4n) is 2.12. The number of aliphatic hydroxyl groups excluding tert-OH is 1. The fraction of sp³-hybridized carbons (Fsp3) is 0.500. The van der Waals surface area contributed by atoms with Crippen LogP contribution in [0.2, 0.25) is 0 Å². The zero-order valence-corrected chi connectivity index (χ0v) is 11.0. The van der Waals surface area contributed by atoms with Crippen molar-refractivity contribution in [2.24, 2.45) is 5.92 Å². The molecule has 0 saturated heterocycles. The third kappa shape index (κ3) is 3.30. The molecule has 1 N–H and O–H groups in total. The maximum Gasteiger partial charge on any atom is 0.417 e. The van der Waals surface area contributed by atoms with Crippen molar-refractivity contribution in [3.8, 4) is 0 Å². The lowest BCUT2D eigenvalue weighted by Crippen LogP contribution is -2.36. The molecule has 0 aliphatic heterocycles. The van der Waals surface area contributed by atoms with Gasteiger partial charge in [-0.05, 0) is 30.9 Å². The molecule has 2 rings (SSSR count). The largest absolute Gasteiger partial charge is 0.417 e. The summed E-state index contributed by atoms with van der Waals surface area (Å²) >= 11 is 0. The van der Waals surface area contributed by atoms with Gasteiger partial charge in [0.25, 0.3) is 5.91 Å². The highest BCUT2D eigenvalue weighted by molar-refractivity contribution is 5.95. The van der Waals surface area contributed by atoms with Crippen molar-refractivity contribution >= 4 is 5.91 Å². The molecule has 1 amide bonds. The summed E-state index contributed by atoms with van der Waals surface area (Å²) in [5, 5.41) is 9.77. The summed E-state index contributed by atoms with van der Waals surface area (Å²) < 4.78 is 38.6. The highest BCUT2D eigenvalue weighted by atomic mass is 19.4. The van der Waals surface area contributed by atoms with Crippen LogP contribution in [0.1, 0.15) is 28.8 Å². The average Bonchev–Trinajstić information content (AvgIpc) is 3.21. The zero-order chi connectivity index (χ0) is 14.9.